The molecule has 4 fully saturated rings. The lowest BCUT2D eigenvalue weighted by atomic mass is 9.48. The first-order valence-electron chi connectivity index (χ1n) is 13.7. The van der Waals surface area contributed by atoms with Crippen molar-refractivity contribution in [3.05, 3.63) is 0 Å². The zero-order valence-electron chi connectivity index (χ0n) is 22.0. The van der Waals surface area contributed by atoms with E-state index in [0.29, 0.717) is 42.4 Å². The molecule has 1 saturated heterocycles. The van der Waals surface area contributed by atoms with Crippen LogP contribution in [0.2, 0.25) is 0 Å². The summed E-state index contributed by atoms with van der Waals surface area (Å²) in [4.78, 5) is 13.2. The van der Waals surface area contributed by atoms with Crippen LogP contribution in [0.5, 0.6) is 0 Å². The van der Waals surface area contributed by atoms with Crippen molar-refractivity contribution in [3.63, 3.8) is 0 Å². The van der Waals surface area contributed by atoms with Gasteiger partial charge in [-0.25, -0.2) is 0 Å². The molecule has 4 rings (SSSR count). The van der Waals surface area contributed by atoms with Gasteiger partial charge < -0.3 is 20.4 Å². The highest BCUT2D eigenvalue weighted by Crippen LogP contribution is 2.67. The molecule has 4 N–H and O–H groups in total. The molecule has 13 atom stereocenters. The van der Waals surface area contributed by atoms with E-state index in [1.54, 1.807) is 0 Å². The maximum absolute atomic E-state index is 13.2. The van der Waals surface area contributed by atoms with Gasteiger partial charge in [0.15, 0.2) is 5.12 Å². The van der Waals surface area contributed by atoms with Gasteiger partial charge in [-0.3, -0.25) is 4.79 Å². The van der Waals surface area contributed by atoms with Crippen LogP contribution in [-0.4, -0.2) is 55.7 Å². The third-order valence-electron chi connectivity index (χ3n) is 11.5. The normalized spacial score (nSPS) is 48.3. The fraction of sp³-hybridized carbons (Fsp3) is 0.964. The summed E-state index contributed by atoms with van der Waals surface area (Å²) in [6, 6.07) is 0. The van der Waals surface area contributed by atoms with Crippen molar-refractivity contribution in [2.75, 3.05) is 5.75 Å². The first-order valence-corrected chi connectivity index (χ1v) is 14.7. The maximum atomic E-state index is 13.2. The summed E-state index contributed by atoms with van der Waals surface area (Å²) in [7, 11) is 0. The van der Waals surface area contributed by atoms with Gasteiger partial charge in [-0.1, -0.05) is 53.3 Å². The van der Waals surface area contributed by atoms with E-state index in [0.717, 1.165) is 31.4 Å². The van der Waals surface area contributed by atoms with Crippen LogP contribution in [0.15, 0.2) is 0 Å². The Morgan fingerprint density at radius 3 is 2.21 bits per heavy atom. The molecule has 5 nitrogen and oxygen atoms in total. The fourth-order valence-corrected chi connectivity index (χ4v) is 10.3. The third kappa shape index (κ3) is 4.21. The second-order valence-corrected chi connectivity index (χ2v) is 14.3. The summed E-state index contributed by atoms with van der Waals surface area (Å²) in [5, 5.41) is 43.2. The molecule has 0 radical (unpaired) electrons. The summed E-state index contributed by atoms with van der Waals surface area (Å²) in [5.74, 6) is 2.68. The van der Waals surface area contributed by atoms with Crippen LogP contribution in [0, 0.1) is 58.2 Å². The standard InChI is InChI=1S/C28H48O5S/c1-14(2)15(3)24(31)25(32)16(4)18-7-8-19-17-13-34-26(33)21-11-22(29)23(30)12-28(21,6)20(17)9-10-27(18,19)5/h14-25,29-32H,7-13H2,1-6H3/t15-,16-,17-,18+,19-,20-,21+,22-,23+,24+,25+,27+,28+/m0/s1. The summed E-state index contributed by atoms with van der Waals surface area (Å²) in [6.45, 7) is 13.0. The van der Waals surface area contributed by atoms with E-state index in [9.17, 15) is 25.2 Å². The quantitative estimate of drug-likeness (QED) is 0.457. The van der Waals surface area contributed by atoms with E-state index in [-0.39, 0.29) is 33.7 Å². The van der Waals surface area contributed by atoms with Gasteiger partial charge in [0.05, 0.1) is 24.4 Å². The minimum absolute atomic E-state index is 0.0257. The second kappa shape index (κ2) is 9.63. The van der Waals surface area contributed by atoms with E-state index in [2.05, 4.69) is 34.6 Å². The zero-order valence-corrected chi connectivity index (χ0v) is 22.8. The predicted octanol–water partition coefficient (Wildman–Crippen LogP) is 4.11. The lowest BCUT2D eigenvalue weighted by Gasteiger charge is -2.56. The number of hydrogen-bond acceptors (Lipinski definition) is 6. The molecule has 0 bridgehead atoms. The van der Waals surface area contributed by atoms with Crippen LogP contribution in [0.1, 0.15) is 80.1 Å². The van der Waals surface area contributed by atoms with Crippen molar-refractivity contribution >= 4 is 16.9 Å². The number of hydrogen-bond donors (Lipinski definition) is 4. The molecule has 196 valence electrons. The van der Waals surface area contributed by atoms with Gasteiger partial charge >= 0.3 is 0 Å². The third-order valence-corrected chi connectivity index (χ3v) is 12.7. The van der Waals surface area contributed by atoms with E-state index < -0.39 is 24.4 Å². The molecular formula is C28H48O5S. The average molecular weight is 497 g/mol. The number of thioether (sulfide) groups is 1. The van der Waals surface area contributed by atoms with Gasteiger partial charge in [-0.05, 0) is 90.8 Å². The zero-order chi connectivity index (χ0) is 25.2. The molecule has 0 spiro atoms. The fourth-order valence-electron chi connectivity index (χ4n) is 8.95. The molecule has 0 unspecified atom stereocenters. The molecule has 3 aliphatic carbocycles. The SMILES string of the molecule is CC(C)[C@H](C)[C@@H](O)[C@H](O)[C@@H](C)[C@H]1CC[C@H]2[C@@H]3CSC(=O)[C@H]4C[C@H](O)[C@H](O)C[C@]4(C)[C@H]3CC[C@]12C. The van der Waals surface area contributed by atoms with Crippen LogP contribution in [-0.2, 0) is 4.79 Å². The minimum Gasteiger partial charge on any atom is -0.390 e. The summed E-state index contributed by atoms with van der Waals surface area (Å²) >= 11 is 1.47. The predicted molar refractivity (Wildman–Crippen MR) is 136 cm³/mol. The van der Waals surface area contributed by atoms with Crippen LogP contribution < -0.4 is 0 Å². The van der Waals surface area contributed by atoms with Gasteiger partial charge in [0.1, 0.15) is 0 Å². The molecule has 0 aromatic rings. The van der Waals surface area contributed by atoms with Gasteiger partial charge in [-0.15, -0.1) is 0 Å². The molecule has 0 amide bonds. The molecule has 4 aliphatic rings. The topological polar surface area (TPSA) is 98.0 Å². The number of aliphatic hydroxyl groups excluding tert-OH is 4. The van der Waals surface area contributed by atoms with Crippen LogP contribution in [0.25, 0.3) is 0 Å². The molecule has 0 aromatic heterocycles. The van der Waals surface area contributed by atoms with Gasteiger partial charge in [-0.2, -0.15) is 0 Å². The number of carbonyl (C=O) groups excluding carboxylic acids is 1. The number of fused-ring (bicyclic) bond motifs is 5. The summed E-state index contributed by atoms with van der Waals surface area (Å²) in [6.07, 6.45) is 2.17. The Labute approximate surface area is 210 Å². The first-order chi connectivity index (χ1) is 15.8. The van der Waals surface area contributed by atoms with Crippen molar-refractivity contribution in [2.24, 2.45) is 58.2 Å². The molecule has 34 heavy (non-hydrogen) atoms. The molecule has 3 saturated carbocycles. The molecular weight excluding hydrogens is 448 g/mol. The maximum Gasteiger partial charge on any atom is 0.192 e. The first kappa shape index (κ1) is 26.9. The van der Waals surface area contributed by atoms with Crippen LogP contribution in [0.4, 0.5) is 0 Å². The molecule has 0 aromatic carbocycles. The summed E-state index contributed by atoms with van der Waals surface area (Å²) < 4.78 is 0. The van der Waals surface area contributed by atoms with E-state index in [4.69, 9.17) is 0 Å². The monoisotopic (exact) mass is 496 g/mol. The Morgan fingerprint density at radius 1 is 0.912 bits per heavy atom. The van der Waals surface area contributed by atoms with Crippen molar-refractivity contribution in [1.82, 2.24) is 0 Å². The van der Waals surface area contributed by atoms with Crippen molar-refractivity contribution in [1.29, 1.82) is 0 Å². The Morgan fingerprint density at radius 2 is 1.56 bits per heavy atom. The van der Waals surface area contributed by atoms with E-state index in [1.165, 1.54) is 11.8 Å². The highest BCUT2D eigenvalue weighted by atomic mass is 32.2. The number of carbonyl (C=O) groups is 1. The Balaban J connectivity index is 1.58. The summed E-state index contributed by atoms with van der Waals surface area (Å²) in [5.41, 5.74) is -0.174. The minimum atomic E-state index is -0.800. The van der Waals surface area contributed by atoms with Gasteiger partial charge in [0.25, 0.3) is 0 Å². The van der Waals surface area contributed by atoms with Crippen LogP contribution >= 0.6 is 11.8 Å². The number of rotatable bonds is 5. The average Bonchev–Trinajstić information content (AvgIpc) is 3.09. The lowest BCUT2D eigenvalue weighted by Crippen LogP contribution is -2.55. The van der Waals surface area contributed by atoms with E-state index in [1.807, 2.05) is 6.92 Å². The Hall–Kier alpha value is -0.140. The number of aliphatic hydroxyl groups is 4. The molecule has 1 heterocycles. The van der Waals surface area contributed by atoms with E-state index >= 15 is 0 Å². The molecule has 1 aliphatic heterocycles. The van der Waals surface area contributed by atoms with Crippen molar-refractivity contribution in [3.8, 4) is 0 Å². The molecule has 6 heteroatoms. The van der Waals surface area contributed by atoms with Gasteiger partial charge in [0.2, 0.25) is 0 Å². The highest BCUT2D eigenvalue weighted by Gasteiger charge is 2.62. The van der Waals surface area contributed by atoms with Crippen molar-refractivity contribution < 1.29 is 25.2 Å². The van der Waals surface area contributed by atoms with Crippen LogP contribution in [0.3, 0.4) is 0 Å². The van der Waals surface area contributed by atoms with Gasteiger partial charge in [0, 0.05) is 11.7 Å². The highest BCUT2D eigenvalue weighted by molar-refractivity contribution is 8.13. The Kier molecular flexibility index (Phi) is 7.62. The second-order valence-electron chi connectivity index (χ2n) is 13.3. The Bertz CT molecular complexity index is 759. The smallest absolute Gasteiger partial charge is 0.192 e. The lowest BCUT2D eigenvalue weighted by molar-refractivity contribution is -0.147. The van der Waals surface area contributed by atoms with Crippen molar-refractivity contribution in [2.45, 2.75) is 104 Å². The largest absolute Gasteiger partial charge is 0.390 e.